The van der Waals surface area contributed by atoms with Gasteiger partial charge in [-0.05, 0) is 17.7 Å². The molecule has 0 aromatic heterocycles. The van der Waals surface area contributed by atoms with Crippen molar-refractivity contribution in [1.82, 2.24) is 0 Å². The molecule has 0 unspecified atom stereocenters. The van der Waals surface area contributed by atoms with Crippen molar-refractivity contribution in [3.63, 3.8) is 0 Å². The Morgan fingerprint density at radius 2 is 2.00 bits per heavy atom. The molecule has 3 heteroatoms. The normalized spacial score (nSPS) is 9.77. The van der Waals surface area contributed by atoms with Crippen LogP contribution < -0.4 is 5.11 Å². The average molecular weight is 170 g/mol. The van der Waals surface area contributed by atoms with Gasteiger partial charge in [-0.1, -0.05) is 18.2 Å². The van der Waals surface area contributed by atoms with E-state index in [4.69, 9.17) is 5.39 Å². The Bertz CT molecular complexity index is 459. The van der Waals surface area contributed by atoms with Gasteiger partial charge in [-0.3, -0.25) is 0 Å². The third-order valence-corrected chi connectivity index (χ3v) is 1.94. The second kappa shape index (κ2) is 2.76. The highest BCUT2D eigenvalue weighted by atomic mass is 16.3. The molecule has 0 saturated carbocycles. The first-order valence-electron chi connectivity index (χ1n) is 3.86. The highest BCUT2D eigenvalue weighted by Gasteiger charge is 2.16. The Morgan fingerprint density at radius 3 is 2.77 bits per heavy atom. The van der Waals surface area contributed by atoms with Crippen LogP contribution in [0.25, 0.3) is 16.1 Å². The van der Waals surface area contributed by atoms with Crippen LogP contribution >= 0.6 is 0 Å². The summed E-state index contributed by atoms with van der Waals surface area (Å²) >= 11 is 0. The van der Waals surface area contributed by atoms with E-state index in [1.54, 1.807) is 24.3 Å². The van der Waals surface area contributed by atoms with Crippen molar-refractivity contribution in [2.45, 2.75) is 0 Å². The topological polar surface area (TPSA) is 51.2 Å². The summed E-state index contributed by atoms with van der Waals surface area (Å²) in [6, 6.07) is 9.83. The molecule has 0 heterocycles. The van der Waals surface area contributed by atoms with Crippen molar-refractivity contribution in [2.24, 2.45) is 0 Å². The van der Waals surface area contributed by atoms with Gasteiger partial charge in [0.15, 0.2) is 4.98 Å². The molecule has 13 heavy (non-hydrogen) atoms. The molecule has 0 spiro atoms. The quantitative estimate of drug-likeness (QED) is 0.570. The number of diazo groups is 1. The lowest BCUT2D eigenvalue weighted by Crippen LogP contribution is -1.84. The molecule has 3 nitrogen and oxygen atoms in total. The van der Waals surface area contributed by atoms with E-state index in [0.717, 1.165) is 11.1 Å². The Morgan fingerprint density at radius 1 is 1.15 bits per heavy atom. The number of fused-ring (bicyclic) bond motifs is 1. The van der Waals surface area contributed by atoms with Gasteiger partial charge >= 0.3 is 5.69 Å². The maximum atomic E-state index is 11.1. The van der Waals surface area contributed by atoms with E-state index in [1.807, 2.05) is 0 Å². The molecule has 2 aliphatic rings. The molecule has 0 radical (unpaired) electrons. The van der Waals surface area contributed by atoms with Gasteiger partial charge in [0.05, 0.1) is 5.56 Å². The highest BCUT2D eigenvalue weighted by molar-refractivity contribution is 5.82. The smallest absolute Gasteiger partial charge is 0.392 e. The fourth-order valence-corrected chi connectivity index (χ4v) is 1.33. The van der Waals surface area contributed by atoms with Crippen LogP contribution in [-0.2, 0) is 0 Å². The molecule has 0 aromatic carbocycles. The van der Waals surface area contributed by atoms with E-state index < -0.39 is 0 Å². The van der Waals surface area contributed by atoms with Gasteiger partial charge in [-0.25, -0.2) is 0 Å². The maximum Gasteiger partial charge on any atom is 0.392 e. The molecule has 0 aromatic rings. The third-order valence-electron chi connectivity index (χ3n) is 1.94. The molecular formula is C10H6N2O. The summed E-state index contributed by atoms with van der Waals surface area (Å²) in [4.78, 5) is 3.11. The molecule has 0 bridgehead atoms. The lowest BCUT2D eigenvalue weighted by atomic mass is 10.2. The first-order valence-corrected chi connectivity index (χ1v) is 3.86. The molecule has 62 valence electrons. The van der Waals surface area contributed by atoms with Gasteiger partial charge in [0.1, 0.15) is 0 Å². The molecule has 2 aliphatic carbocycles. The zero-order valence-electron chi connectivity index (χ0n) is 6.77. The van der Waals surface area contributed by atoms with Gasteiger partial charge < -0.3 is 5.11 Å². The third kappa shape index (κ3) is 1.18. The predicted octanol–water partition coefficient (Wildman–Crippen LogP) is 2.35. The number of nitrogens with zero attached hydrogens (tertiary/aromatic N) is 2. The highest BCUT2D eigenvalue weighted by Crippen LogP contribution is 2.34. The van der Waals surface area contributed by atoms with Crippen molar-refractivity contribution < 1.29 is 5.11 Å². The van der Waals surface area contributed by atoms with Gasteiger partial charge in [0.2, 0.25) is 5.39 Å². The van der Waals surface area contributed by atoms with Gasteiger partial charge in [-0.2, -0.15) is 0 Å². The van der Waals surface area contributed by atoms with Crippen molar-refractivity contribution in [3.8, 4) is 16.9 Å². The fraction of sp³-hybridized carbons (Fsp3) is 0. The second-order valence-corrected chi connectivity index (χ2v) is 2.76. The molecule has 2 rings (SSSR count). The summed E-state index contributed by atoms with van der Waals surface area (Å²) in [5.74, 6) is -0.0508. The standard InChI is InChI=1S/C10H6N2O/c11-12-10-5-4-7-6-8(13)2-1-3-9(7)10/h1-6H. The van der Waals surface area contributed by atoms with Crippen LogP contribution in [0.5, 0.6) is 5.75 Å². The van der Waals surface area contributed by atoms with Crippen LogP contribution in [-0.4, -0.2) is 0 Å². The van der Waals surface area contributed by atoms with Crippen LogP contribution in [0.15, 0.2) is 36.4 Å². The number of rotatable bonds is 0. The molecule has 0 aliphatic heterocycles. The number of hydrogen-bond acceptors (Lipinski definition) is 2. The van der Waals surface area contributed by atoms with Crippen molar-refractivity contribution >= 4 is 5.69 Å². The summed E-state index contributed by atoms with van der Waals surface area (Å²) < 4.78 is 0. The van der Waals surface area contributed by atoms with Crippen LogP contribution in [0.3, 0.4) is 0 Å². The molecular weight excluding hydrogens is 164 g/mol. The Kier molecular flexibility index (Phi) is 1.60. The average Bonchev–Trinajstić information content (AvgIpc) is 2.39. The summed E-state index contributed by atoms with van der Waals surface area (Å²) in [7, 11) is 0. The van der Waals surface area contributed by atoms with Crippen LogP contribution in [0, 0.1) is 5.39 Å². The van der Waals surface area contributed by atoms with E-state index in [-0.39, 0.29) is 5.75 Å². The lowest BCUT2D eigenvalue weighted by Gasteiger charge is -1.98. The molecule has 0 N–H and O–H groups in total. The second-order valence-electron chi connectivity index (χ2n) is 2.76. The van der Waals surface area contributed by atoms with Crippen molar-refractivity contribution in [2.75, 3.05) is 0 Å². The monoisotopic (exact) mass is 170 g/mol. The lowest BCUT2D eigenvalue weighted by molar-refractivity contribution is -0.268. The zero-order chi connectivity index (χ0) is 9.26. The van der Waals surface area contributed by atoms with Gasteiger partial charge in [0.25, 0.3) is 0 Å². The summed E-state index contributed by atoms with van der Waals surface area (Å²) in [5.41, 5.74) is 2.07. The van der Waals surface area contributed by atoms with Crippen molar-refractivity contribution in [3.05, 3.63) is 41.4 Å². The summed E-state index contributed by atoms with van der Waals surface area (Å²) in [5, 5.41) is 19.7. The van der Waals surface area contributed by atoms with E-state index in [9.17, 15) is 5.11 Å². The molecule has 0 amide bonds. The minimum absolute atomic E-state index is 0.0508. The molecule has 0 saturated heterocycles. The minimum Gasteiger partial charge on any atom is -0.872 e. The Hall–Kier alpha value is -2.08. The van der Waals surface area contributed by atoms with E-state index >= 15 is 0 Å². The largest absolute Gasteiger partial charge is 0.872 e. The Labute approximate surface area is 75.2 Å². The predicted molar refractivity (Wildman–Crippen MR) is 47.3 cm³/mol. The van der Waals surface area contributed by atoms with Gasteiger partial charge in [0, 0.05) is 6.07 Å². The first-order chi connectivity index (χ1) is 6.31. The zero-order valence-corrected chi connectivity index (χ0v) is 6.77. The first kappa shape index (κ1) is 7.56. The maximum absolute atomic E-state index is 11.1. The minimum atomic E-state index is -0.0508. The summed E-state index contributed by atoms with van der Waals surface area (Å²) in [6.45, 7) is 0. The van der Waals surface area contributed by atoms with E-state index in [0.29, 0.717) is 5.69 Å². The molecule has 0 atom stereocenters. The Balaban J connectivity index is 2.74. The van der Waals surface area contributed by atoms with Crippen LogP contribution in [0.2, 0.25) is 0 Å². The molecule has 0 fully saturated rings. The van der Waals surface area contributed by atoms with E-state index in [1.165, 1.54) is 12.1 Å². The number of hydrogen-bond donors (Lipinski definition) is 0. The SMILES string of the molecule is N#[N+]c1ccc2cc([O-])cccc1-2. The van der Waals surface area contributed by atoms with Crippen LogP contribution in [0.1, 0.15) is 0 Å². The summed E-state index contributed by atoms with van der Waals surface area (Å²) in [6.07, 6.45) is 0. The van der Waals surface area contributed by atoms with Crippen molar-refractivity contribution in [1.29, 1.82) is 5.39 Å². The van der Waals surface area contributed by atoms with E-state index in [2.05, 4.69) is 4.98 Å². The fourth-order valence-electron chi connectivity index (χ4n) is 1.33. The van der Waals surface area contributed by atoms with Gasteiger partial charge in [-0.15, -0.1) is 5.75 Å². The van der Waals surface area contributed by atoms with Crippen LogP contribution in [0.4, 0.5) is 5.69 Å².